The molecule has 0 aromatic carbocycles. The van der Waals surface area contributed by atoms with Crippen molar-refractivity contribution in [2.24, 2.45) is 0 Å². The van der Waals surface area contributed by atoms with E-state index in [1.54, 1.807) is 6.07 Å². The van der Waals surface area contributed by atoms with Gasteiger partial charge in [-0.3, -0.25) is 0 Å². The van der Waals surface area contributed by atoms with Crippen LogP contribution < -0.4 is 5.73 Å². The third-order valence-electron chi connectivity index (χ3n) is 2.48. The van der Waals surface area contributed by atoms with Crippen LogP contribution in [0, 0.1) is 0 Å². The van der Waals surface area contributed by atoms with E-state index in [0.29, 0.717) is 5.82 Å². The lowest BCUT2D eigenvalue weighted by Gasteiger charge is -2.06. The van der Waals surface area contributed by atoms with Gasteiger partial charge in [0, 0.05) is 19.0 Å². The highest BCUT2D eigenvalue weighted by Gasteiger charge is 2.26. The van der Waals surface area contributed by atoms with Crippen molar-refractivity contribution in [1.29, 1.82) is 0 Å². The molecule has 0 saturated carbocycles. The van der Waals surface area contributed by atoms with Crippen LogP contribution in [0.2, 0.25) is 0 Å². The first kappa shape index (κ1) is 13.9. The van der Waals surface area contributed by atoms with Gasteiger partial charge in [-0.1, -0.05) is 13.3 Å². The summed E-state index contributed by atoms with van der Waals surface area (Å²) in [5.74, 6) is 0.443. The molecule has 0 aliphatic rings. The molecule has 0 atom stereocenters. The van der Waals surface area contributed by atoms with Crippen LogP contribution in [0.4, 0.5) is 19.0 Å². The highest BCUT2D eigenvalue weighted by atomic mass is 19.4. The fraction of sp³-hybridized carbons (Fsp3) is 0.727. The number of alkyl halides is 3. The standard InChI is InChI=1S/C11H18F3N3/c1-2-3-5-9-8-10(15)17(16-9)7-4-6-11(12,13)14/h8H,2-7,15H2,1H3. The second-order valence-electron chi connectivity index (χ2n) is 4.11. The number of nitrogens with zero attached hydrogens (tertiary/aromatic N) is 2. The van der Waals surface area contributed by atoms with Crippen molar-refractivity contribution >= 4 is 5.82 Å². The van der Waals surface area contributed by atoms with Crippen LogP contribution >= 0.6 is 0 Å². The first-order chi connectivity index (χ1) is 7.92. The van der Waals surface area contributed by atoms with E-state index in [1.165, 1.54) is 4.68 Å². The van der Waals surface area contributed by atoms with E-state index in [9.17, 15) is 13.2 Å². The van der Waals surface area contributed by atoms with Gasteiger partial charge in [-0.15, -0.1) is 0 Å². The van der Waals surface area contributed by atoms with Crippen molar-refractivity contribution in [2.75, 3.05) is 5.73 Å². The van der Waals surface area contributed by atoms with Gasteiger partial charge < -0.3 is 5.73 Å². The van der Waals surface area contributed by atoms with Gasteiger partial charge in [0.2, 0.25) is 0 Å². The van der Waals surface area contributed by atoms with Crippen molar-refractivity contribution in [3.05, 3.63) is 11.8 Å². The Morgan fingerprint density at radius 2 is 2.06 bits per heavy atom. The third-order valence-corrected chi connectivity index (χ3v) is 2.48. The highest BCUT2D eigenvalue weighted by Crippen LogP contribution is 2.22. The lowest BCUT2D eigenvalue weighted by molar-refractivity contribution is -0.136. The van der Waals surface area contributed by atoms with Crippen LogP contribution in [0.25, 0.3) is 0 Å². The zero-order chi connectivity index (χ0) is 12.9. The van der Waals surface area contributed by atoms with E-state index in [4.69, 9.17) is 5.73 Å². The van der Waals surface area contributed by atoms with Crippen LogP contribution in [-0.4, -0.2) is 16.0 Å². The number of unbranched alkanes of at least 4 members (excludes halogenated alkanes) is 1. The molecule has 1 rings (SSSR count). The Balaban J connectivity index is 2.45. The lowest BCUT2D eigenvalue weighted by Crippen LogP contribution is -2.11. The van der Waals surface area contributed by atoms with Gasteiger partial charge in [0.1, 0.15) is 5.82 Å². The molecule has 0 aliphatic heterocycles. The summed E-state index contributed by atoms with van der Waals surface area (Å²) in [5.41, 5.74) is 6.54. The minimum Gasteiger partial charge on any atom is -0.384 e. The number of rotatable bonds is 6. The summed E-state index contributed by atoms with van der Waals surface area (Å²) in [5, 5.41) is 4.19. The van der Waals surface area contributed by atoms with Gasteiger partial charge in [0.15, 0.2) is 0 Å². The SMILES string of the molecule is CCCCc1cc(N)n(CCCC(F)(F)F)n1. The van der Waals surface area contributed by atoms with Gasteiger partial charge in [-0.25, -0.2) is 4.68 Å². The predicted octanol–water partition coefficient (Wildman–Crippen LogP) is 3.15. The van der Waals surface area contributed by atoms with Gasteiger partial charge in [0.05, 0.1) is 5.69 Å². The normalized spacial score (nSPS) is 12.0. The van der Waals surface area contributed by atoms with E-state index < -0.39 is 12.6 Å². The van der Waals surface area contributed by atoms with Crippen LogP contribution in [0.15, 0.2) is 6.07 Å². The molecular formula is C11H18F3N3. The van der Waals surface area contributed by atoms with Crippen molar-refractivity contribution in [3.8, 4) is 0 Å². The summed E-state index contributed by atoms with van der Waals surface area (Å²) < 4.78 is 37.4. The topological polar surface area (TPSA) is 43.8 Å². The summed E-state index contributed by atoms with van der Waals surface area (Å²) in [6.45, 7) is 2.29. The third kappa shape index (κ3) is 5.10. The summed E-state index contributed by atoms with van der Waals surface area (Å²) in [7, 11) is 0. The number of nitrogen functional groups attached to an aromatic ring is 1. The molecule has 98 valence electrons. The number of hydrogen-bond acceptors (Lipinski definition) is 2. The fourth-order valence-corrected chi connectivity index (χ4v) is 1.58. The molecule has 6 heteroatoms. The molecule has 0 saturated heterocycles. The number of anilines is 1. The molecule has 1 aromatic rings. The van der Waals surface area contributed by atoms with Gasteiger partial charge in [0.25, 0.3) is 0 Å². The Hall–Kier alpha value is -1.20. The summed E-state index contributed by atoms with van der Waals surface area (Å²) >= 11 is 0. The van der Waals surface area contributed by atoms with E-state index >= 15 is 0 Å². The number of halogens is 3. The first-order valence-corrected chi connectivity index (χ1v) is 5.81. The maximum absolute atomic E-state index is 12.0. The second-order valence-corrected chi connectivity index (χ2v) is 4.11. The van der Waals surface area contributed by atoms with Crippen LogP contribution in [0.1, 0.15) is 38.3 Å². The number of hydrogen-bond donors (Lipinski definition) is 1. The molecule has 0 spiro atoms. The average molecular weight is 249 g/mol. The molecular weight excluding hydrogens is 231 g/mol. The first-order valence-electron chi connectivity index (χ1n) is 5.81. The van der Waals surface area contributed by atoms with E-state index in [-0.39, 0.29) is 13.0 Å². The van der Waals surface area contributed by atoms with E-state index in [2.05, 4.69) is 12.0 Å². The molecule has 1 aromatic heterocycles. The molecule has 0 radical (unpaired) electrons. The lowest BCUT2D eigenvalue weighted by atomic mass is 10.2. The summed E-state index contributed by atoms with van der Waals surface area (Å²) in [6, 6.07) is 1.74. The van der Waals surface area contributed by atoms with Crippen molar-refractivity contribution < 1.29 is 13.2 Å². The Morgan fingerprint density at radius 3 is 2.65 bits per heavy atom. The quantitative estimate of drug-likeness (QED) is 0.841. The molecule has 1 heterocycles. The van der Waals surface area contributed by atoms with Crippen molar-refractivity contribution in [2.45, 2.75) is 51.7 Å². The minimum atomic E-state index is -4.10. The van der Waals surface area contributed by atoms with Crippen LogP contribution in [0.3, 0.4) is 0 Å². The summed E-state index contributed by atoms with van der Waals surface area (Å²) in [6.07, 6.45) is -1.99. The maximum Gasteiger partial charge on any atom is 0.389 e. The van der Waals surface area contributed by atoms with Crippen molar-refractivity contribution in [1.82, 2.24) is 9.78 Å². The average Bonchev–Trinajstić information content (AvgIpc) is 2.55. The molecule has 0 fully saturated rings. The number of aromatic nitrogens is 2. The fourth-order valence-electron chi connectivity index (χ4n) is 1.58. The zero-order valence-electron chi connectivity index (χ0n) is 9.93. The van der Waals surface area contributed by atoms with Crippen molar-refractivity contribution in [3.63, 3.8) is 0 Å². The Labute approximate surface area is 98.8 Å². The Kier molecular flexibility index (Phi) is 4.84. The minimum absolute atomic E-state index is 0.0165. The zero-order valence-corrected chi connectivity index (χ0v) is 9.93. The largest absolute Gasteiger partial charge is 0.389 e. The number of aryl methyl sites for hydroxylation is 2. The van der Waals surface area contributed by atoms with Crippen LogP contribution in [-0.2, 0) is 13.0 Å². The molecule has 17 heavy (non-hydrogen) atoms. The van der Waals surface area contributed by atoms with Crippen LogP contribution in [0.5, 0.6) is 0 Å². The summed E-state index contributed by atoms with van der Waals surface area (Å²) in [4.78, 5) is 0. The maximum atomic E-state index is 12.0. The Morgan fingerprint density at radius 1 is 1.35 bits per heavy atom. The molecule has 3 nitrogen and oxygen atoms in total. The Bertz CT molecular complexity index is 344. The monoisotopic (exact) mass is 249 g/mol. The molecule has 0 amide bonds. The van der Waals surface area contributed by atoms with Gasteiger partial charge in [-0.2, -0.15) is 18.3 Å². The second kappa shape index (κ2) is 5.93. The molecule has 2 N–H and O–H groups in total. The predicted molar refractivity (Wildman–Crippen MR) is 60.5 cm³/mol. The van der Waals surface area contributed by atoms with E-state index in [0.717, 1.165) is 25.0 Å². The number of nitrogens with two attached hydrogens (primary N) is 1. The van der Waals surface area contributed by atoms with Gasteiger partial charge in [-0.05, 0) is 19.3 Å². The molecule has 0 aliphatic carbocycles. The molecule has 0 bridgehead atoms. The molecule has 0 unspecified atom stereocenters. The highest BCUT2D eigenvalue weighted by molar-refractivity contribution is 5.30. The smallest absolute Gasteiger partial charge is 0.384 e. The van der Waals surface area contributed by atoms with E-state index in [1.807, 2.05) is 0 Å². The van der Waals surface area contributed by atoms with Gasteiger partial charge >= 0.3 is 6.18 Å².